The third-order valence-corrected chi connectivity index (χ3v) is 3.27. The number of carboxylic acids is 1. The van der Waals surface area contributed by atoms with E-state index < -0.39 is 5.97 Å². The number of piperazine rings is 1. The van der Waals surface area contributed by atoms with Gasteiger partial charge in [0.2, 0.25) is 0 Å². The van der Waals surface area contributed by atoms with Crippen LogP contribution in [0.2, 0.25) is 0 Å². The SMILES string of the molecule is CCOC(=O)N1CCN(C(=O)c2cnn(CC(=O)O)c2)CC1. The van der Waals surface area contributed by atoms with Crippen molar-refractivity contribution in [2.45, 2.75) is 13.5 Å². The van der Waals surface area contributed by atoms with Crippen LogP contribution in [0.25, 0.3) is 0 Å². The lowest BCUT2D eigenvalue weighted by Gasteiger charge is -2.33. The third kappa shape index (κ3) is 3.74. The van der Waals surface area contributed by atoms with Crippen molar-refractivity contribution in [3.63, 3.8) is 0 Å². The molecule has 1 aromatic rings. The van der Waals surface area contributed by atoms with Gasteiger partial charge < -0.3 is 19.6 Å². The molecule has 2 heterocycles. The smallest absolute Gasteiger partial charge is 0.409 e. The number of hydrogen-bond donors (Lipinski definition) is 1. The summed E-state index contributed by atoms with van der Waals surface area (Å²) in [5, 5.41) is 12.5. The van der Waals surface area contributed by atoms with Gasteiger partial charge in [0.1, 0.15) is 6.54 Å². The number of amides is 2. The Balaban J connectivity index is 1.90. The number of aromatic nitrogens is 2. The molecule has 1 fully saturated rings. The van der Waals surface area contributed by atoms with Crippen molar-refractivity contribution >= 4 is 18.0 Å². The normalized spacial score (nSPS) is 14.8. The van der Waals surface area contributed by atoms with Crippen molar-refractivity contribution in [3.8, 4) is 0 Å². The minimum absolute atomic E-state index is 0.222. The van der Waals surface area contributed by atoms with Gasteiger partial charge in [0.05, 0.1) is 18.4 Å². The third-order valence-electron chi connectivity index (χ3n) is 3.27. The number of rotatable bonds is 4. The highest BCUT2D eigenvalue weighted by Crippen LogP contribution is 2.09. The maximum absolute atomic E-state index is 12.3. The van der Waals surface area contributed by atoms with E-state index in [4.69, 9.17) is 9.84 Å². The van der Waals surface area contributed by atoms with E-state index in [1.54, 1.807) is 16.7 Å². The Morgan fingerprint density at radius 2 is 1.86 bits per heavy atom. The predicted molar refractivity (Wildman–Crippen MR) is 74.4 cm³/mol. The van der Waals surface area contributed by atoms with Gasteiger partial charge in [-0.05, 0) is 6.92 Å². The van der Waals surface area contributed by atoms with Crippen LogP contribution >= 0.6 is 0 Å². The van der Waals surface area contributed by atoms with E-state index >= 15 is 0 Å². The average molecular weight is 310 g/mol. The van der Waals surface area contributed by atoms with E-state index in [2.05, 4.69) is 5.10 Å². The van der Waals surface area contributed by atoms with Gasteiger partial charge in [-0.25, -0.2) is 4.79 Å². The first-order valence-electron chi connectivity index (χ1n) is 6.96. The first-order chi connectivity index (χ1) is 10.5. The molecule has 0 atom stereocenters. The lowest BCUT2D eigenvalue weighted by molar-refractivity contribution is -0.137. The van der Waals surface area contributed by atoms with Gasteiger partial charge in [-0.3, -0.25) is 14.3 Å². The number of nitrogens with zero attached hydrogens (tertiary/aromatic N) is 4. The fourth-order valence-corrected chi connectivity index (χ4v) is 2.19. The lowest BCUT2D eigenvalue weighted by atomic mass is 10.2. The first-order valence-corrected chi connectivity index (χ1v) is 6.96. The van der Waals surface area contributed by atoms with E-state index in [9.17, 15) is 14.4 Å². The predicted octanol–water partition coefficient (Wildman–Crippen LogP) is -0.118. The number of ether oxygens (including phenoxy) is 1. The van der Waals surface area contributed by atoms with Crippen molar-refractivity contribution in [1.82, 2.24) is 19.6 Å². The molecule has 0 radical (unpaired) electrons. The molecule has 9 nitrogen and oxygen atoms in total. The zero-order chi connectivity index (χ0) is 16.1. The highest BCUT2D eigenvalue weighted by atomic mass is 16.6. The summed E-state index contributed by atoms with van der Waals surface area (Å²) >= 11 is 0. The molecule has 1 aromatic heterocycles. The number of carboxylic acid groups (broad SMARTS) is 1. The Kier molecular flexibility index (Phi) is 4.97. The molecule has 0 bridgehead atoms. The maximum Gasteiger partial charge on any atom is 0.409 e. The number of aliphatic carboxylic acids is 1. The molecule has 22 heavy (non-hydrogen) atoms. The fraction of sp³-hybridized carbons (Fsp3) is 0.538. The molecule has 2 amide bonds. The van der Waals surface area contributed by atoms with Crippen molar-refractivity contribution in [3.05, 3.63) is 18.0 Å². The van der Waals surface area contributed by atoms with Crippen molar-refractivity contribution < 1.29 is 24.2 Å². The van der Waals surface area contributed by atoms with Gasteiger partial charge in [-0.1, -0.05) is 0 Å². The summed E-state index contributed by atoms with van der Waals surface area (Å²) in [6, 6.07) is 0. The quantitative estimate of drug-likeness (QED) is 0.831. The van der Waals surface area contributed by atoms with Gasteiger partial charge in [0.25, 0.3) is 5.91 Å². The lowest BCUT2D eigenvalue weighted by Crippen LogP contribution is -2.50. The topological polar surface area (TPSA) is 105 Å². The molecule has 0 unspecified atom stereocenters. The van der Waals surface area contributed by atoms with Crippen LogP contribution in [0.3, 0.4) is 0 Å². The van der Waals surface area contributed by atoms with Crippen LogP contribution < -0.4 is 0 Å². The van der Waals surface area contributed by atoms with E-state index in [0.29, 0.717) is 38.3 Å². The van der Waals surface area contributed by atoms with Crippen LogP contribution in [0.5, 0.6) is 0 Å². The Hall–Kier alpha value is -2.58. The summed E-state index contributed by atoms with van der Waals surface area (Å²) in [5.41, 5.74) is 0.339. The maximum atomic E-state index is 12.3. The summed E-state index contributed by atoms with van der Waals surface area (Å²) < 4.78 is 6.12. The van der Waals surface area contributed by atoms with E-state index in [1.165, 1.54) is 17.1 Å². The van der Waals surface area contributed by atoms with E-state index in [-0.39, 0.29) is 18.5 Å². The van der Waals surface area contributed by atoms with Gasteiger partial charge in [0, 0.05) is 32.4 Å². The molecule has 120 valence electrons. The van der Waals surface area contributed by atoms with Crippen LogP contribution in [0, 0.1) is 0 Å². The van der Waals surface area contributed by atoms with Crippen molar-refractivity contribution in [2.75, 3.05) is 32.8 Å². The van der Waals surface area contributed by atoms with Crippen LogP contribution in [0.1, 0.15) is 17.3 Å². The summed E-state index contributed by atoms with van der Waals surface area (Å²) in [6.07, 6.45) is 2.39. The molecule has 0 aromatic carbocycles. The van der Waals surface area contributed by atoms with Gasteiger partial charge >= 0.3 is 12.1 Å². The first kappa shape index (κ1) is 15.8. The largest absolute Gasteiger partial charge is 0.480 e. The molecule has 2 rings (SSSR count). The molecule has 1 aliphatic rings. The van der Waals surface area contributed by atoms with E-state index in [1.807, 2.05) is 0 Å². The second kappa shape index (κ2) is 6.92. The Labute approximate surface area is 127 Å². The number of hydrogen-bond acceptors (Lipinski definition) is 5. The molecule has 9 heteroatoms. The molecule has 0 aliphatic carbocycles. The van der Waals surface area contributed by atoms with Gasteiger partial charge in [-0.15, -0.1) is 0 Å². The van der Waals surface area contributed by atoms with Crippen LogP contribution in [0.4, 0.5) is 4.79 Å². The summed E-state index contributed by atoms with van der Waals surface area (Å²) in [5.74, 6) is -1.25. The number of carbonyl (C=O) groups is 3. The highest BCUT2D eigenvalue weighted by molar-refractivity contribution is 5.94. The molecular weight excluding hydrogens is 292 g/mol. The molecule has 1 saturated heterocycles. The van der Waals surface area contributed by atoms with Crippen molar-refractivity contribution in [1.29, 1.82) is 0 Å². The molecule has 0 spiro atoms. The number of carbonyl (C=O) groups excluding carboxylic acids is 2. The highest BCUT2D eigenvalue weighted by Gasteiger charge is 2.26. The minimum atomic E-state index is -1.02. The summed E-state index contributed by atoms with van der Waals surface area (Å²) in [6.45, 7) is 3.41. The Bertz CT molecular complexity index is 563. The zero-order valence-electron chi connectivity index (χ0n) is 12.3. The second-order valence-electron chi connectivity index (χ2n) is 4.80. The molecular formula is C13H18N4O5. The van der Waals surface area contributed by atoms with Crippen LogP contribution in [-0.2, 0) is 16.1 Å². The van der Waals surface area contributed by atoms with Gasteiger partial charge in [-0.2, -0.15) is 5.10 Å². The monoisotopic (exact) mass is 310 g/mol. The molecule has 1 N–H and O–H groups in total. The average Bonchev–Trinajstić information content (AvgIpc) is 2.94. The standard InChI is InChI=1S/C13H18N4O5/c1-2-22-13(21)16-5-3-15(4-6-16)12(20)10-7-14-17(8-10)9-11(18)19/h7-8H,2-6,9H2,1H3,(H,18,19). The Morgan fingerprint density at radius 1 is 1.23 bits per heavy atom. The van der Waals surface area contributed by atoms with Gasteiger partial charge in [0.15, 0.2) is 0 Å². The van der Waals surface area contributed by atoms with Crippen molar-refractivity contribution in [2.24, 2.45) is 0 Å². The fourth-order valence-electron chi connectivity index (χ4n) is 2.19. The van der Waals surface area contributed by atoms with E-state index in [0.717, 1.165) is 0 Å². The minimum Gasteiger partial charge on any atom is -0.480 e. The van der Waals surface area contributed by atoms with Crippen LogP contribution in [0.15, 0.2) is 12.4 Å². The summed E-state index contributed by atoms with van der Waals surface area (Å²) in [7, 11) is 0. The molecule has 0 saturated carbocycles. The Morgan fingerprint density at radius 3 is 2.45 bits per heavy atom. The zero-order valence-corrected chi connectivity index (χ0v) is 12.3. The van der Waals surface area contributed by atoms with Crippen LogP contribution in [-0.4, -0.2) is 75.4 Å². The molecule has 1 aliphatic heterocycles. The second-order valence-corrected chi connectivity index (χ2v) is 4.80. The summed E-state index contributed by atoms with van der Waals surface area (Å²) in [4.78, 5) is 37.6.